The highest BCUT2D eigenvalue weighted by molar-refractivity contribution is 5.84. The van der Waals surface area contributed by atoms with Gasteiger partial charge in [-0.15, -0.1) is 0 Å². The maximum Gasteiger partial charge on any atom is 0.123 e. The summed E-state index contributed by atoms with van der Waals surface area (Å²) >= 11 is 0. The van der Waals surface area contributed by atoms with Crippen molar-refractivity contribution in [2.75, 3.05) is 6.54 Å². The number of rotatable bonds is 3. The van der Waals surface area contributed by atoms with Gasteiger partial charge in [-0.3, -0.25) is 0 Å². The van der Waals surface area contributed by atoms with Crippen molar-refractivity contribution in [1.29, 1.82) is 0 Å². The summed E-state index contributed by atoms with van der Waals surface area (Å²) in [5, 5.41) is 4.48. The van der Waals surface area contributed by atoms with Gasteiger partial charge in [0.05, 0.1) is 0 Å². The lowest BCUT2D eigenvalue weighted by atomic mass is 10.1. The first-order valence-corrected chi connectivity index (χ1v) is 6.35. The van der Waals surface area contributed by atoms with Crippen molar-refractivity contribution in [2.24, 2.45) is 7.05 Å². The number of fused-ring (bicyclic) bond motifs is 1. The Morgan fingerprint density at radius 1 is 1.28 bits per heavy atom. The summed E-state index contributed by atoms with van der Waals surface area (Å²) in [5.41, 5.74) is 2.40. The first-order chi connectivity index (χ1) is 8.37. The average Bonchev–Trinajstić information content (AvgIpc) is 2.54. The summed E-state index contributed by atoms with van der Waals surface area (Å²) in [6, 6.07) is 4.98. The molecule has 1 N–H and O–H groups in total. The van der Waals surface area contributed by atoms with Crippen LogP contribution >= 0.6 is 0 Å². The number of nitrogens with one attached hydrogen (secondary N) is 1. The lowest BCUT2D eigenvalue weighted by Gasteiger charge is -2.20. The highest BCUT2D eigenvalue weighted by Crippen LogP contribution is 2.22. The molecule has 0 fully saturated rings. The van der Waals surface area contributed by atoms with Crippen LogP contribution in [0.2, 0.25) is 0 Å². The number of nitrogens with zero attached hydrogens (tertiary/aromatic N) is 1. The van der Waals surface area contributed by atoms with E-state index in [4.69, 9.17) is 0 Å². The van der Waals surface area contributed by atoms with Crippen molar-refractivity contribution in [3.05, 3.63) is 35.8 Å². The molecule has 2 rings (SSSR count). The van der Waals surface area contributed by atoms with Crippen LogP contribution in [0.4, 0.5) is 4.39 Å². The Labute approximate surface area is 108 Å². The summed E-state index contributed by atoms with van der Waals surface area (Å²) in [7, 11) is 2.00. The van der Waals surface area contributed by atoms with Gasteiger partial charge < -0.3 is 9.88 Å². The lowest BCUT2D eigenvalue weighted by molar-refractivity contribution is 0.430. The van der Waals surface area contributed by atoms with E-state index in [2.05, 4.69) is 36.9 Å². The fourth-order valence-electron chi connectivity index (χ4n) is 2.22. The van der Waals surface area contributed by atoms with E-state index in [1.807, 2.05) is 13.1 Å². The SMILES string of the molecule is Cn1cc(CCNC(C)(C)C)c2cc(F)ccc21. The van der Waals surface area contributed by atoms with Crippen molar-refractivity contribution in [1.82, 2.24) is 9.88 Å². The predicted octanol–water partition coefficient (Wildman–Crippen LogP) is 3.25. The van der Waals surface area contributed by atoms with Crippen LogP contribution in [0, 0.1) is 5.82 Å². The Morgan fingerprint density at radius 3 is 2.67 bits per heavy atom. The van der Waals surface area contributed by atoms with E-state index in [1.165, 1.54) is 11.6 Å². The van der Waals surface area contributed by atoms with Crippen molar-refractivity contribution in [2.45, 2.75) is 32.7 Å². The molecule has 18 heavy (non-hydrogen) atoms. The second-order valence-electron chi connectivity index (χ2n) is 5.85. The van der Waals surface area contributed by atoms with Crippen molar-refractivity contribution >= 4 is 10.9 Å². The molecule has 2 aromatic rings. The Kier molecular flexibility index (Phi) is 3.44. The van der Waals surface area contributed by atoms with Gasteiger partial charge in [-0.05, 0) is 57.5 Å². The zero-order chi connectivity index (χ0) is 13.3. The van der Waals surface area contributed by atoms with Crippen LogP contribution in [0.1, 0.15) is 26.3 Å². The summed E-state index contributed by atoms with van der Waals surface area (Å²) in [6.45, 7) is 7.35. The Hall–Kier alpha value is -1.35. The minimum Gasteiger partial charge on any atom is -0.350 e. The topological polar surface area (TPSA) is 17.0 Å². The molecule has 0 unspecified atom stereocenters. The molecule has 0 radical (unpaired) electrons. The molecule has 0 bridgehead atoms. The van der Waals surface area contributed by atoms with Gasteiger partial charge in [-0.1, -0.05) is 0 Å². The van der Waals surface area contributed by atoms with E-state index in [1.54, 1.807) is 6.07 Å². The monoisotopic (exact) mass is 248 g/mol. The number of hydrogen-bond acceptors (Lipinski definition) is 1. The molecule has 1 aromatic carbocycles. The van der Waals surface area contributed by atoms with Gasteiger partial charge in [0, 0.05) is 29.7 Å². The molecule has 0 spiro atoms. The fraction of sp³-hybridized carbons (Fsp3) is 0.467. The van der Waals surface area contributed by atoms with E-state index in [0.29, 0.717) is 0 Å². The third kappa shape index (κ3) is 2.91. The predicted molar refractivity (Wildman–Crippen MR) is 74.3 cm³/mol. The maximum atomic E-state index is 13.3. The molecule has 1 heterocycles. The van der Waals surface area contributed by atoms with Gasteiger partial charge in [0.25, 0.3) is 0 Å². The Morgan fingerprint density at radius 2 is 2.00 bits per heavy atom. The smallest absolute Gasteiger partial charge is 0.123 e. The minimum absolute atomic E-state index is 0.121. The summed E-state index contributed by atoms with van der Waals surface area (Å²) < 4.78 is 15.4. The van der Waals surface area contributed by atoms with E-state index in [-0.39, 0.29) is 11.4 Å². The molecule has 0 atom stereocenters. The molecular weight excluding hydrogens is 227 g/mol. The zero-order valence-electron chi connectivity index (χ0n) is 11.5. The summed E-state index contributed by atoms with van der Waals surface area (Å²) in [6.07, 6.45) is 3.01. The molecule has 1 aromatic heterocycles. The third-order valence-electron chi connectivity index (χ3n) is 3.08. The molecule has 0 saturated carbocycles. The molecular formula is C15H21FN2. The van der Waals surface area contributed by atoms with Crippen LogP contribution in [0.3, 0.4) is 0 Å². The highest BCUT2D eigenvalue weighted by atomic mass is 19.1. The van der Waals surface area contributed by atoms with Gasteiger partial charge in [0.2, 0.25) is 0 Å². The normalized spacial score (nSPS) is 12.3. The van der Waals surface area contributed by atoms with Crippen molar-refractivity contribution < 1.29 is 4.39 Å². The fourth-order valence-corrected chi connectivity index (χ4v) is 2.22. The standard InChI is InChI=1S/C15H21FN2/c1-15(2,3)17-8-7-11-10-18(4)14-6-5-12(16)9-13(11)14/h5-6,9-10,17H,7-8H2,1-4H3. The molecule has 2 nitrogen and oxygen atoms in total. The number of benzene rings is 1. The molecule has 0 amide bonds. The van der Waals surface area contributed by atoms with Crippen molar-refractivity contribution in [3.8, 4) is 0 Å². The second-order valence-corrected chi connectivity index (χ2v) is 5.85. The number of hydrogen-bond donors (Lipinski definition) is 1. The van der Waals surface area contributed by atoms with E-state index in [0.717, 1.165) is 23.9 Å². The van der Waals surface area contributed by atoms with Crippen LogP contribution < -0.4 is 5.32 Å². The van der Waals surface area contributed by atoms with Gasteiger partial charge >= 0.3 is 0 Å². The van der Waals surface area contributed by atoms with Crippen LogP contribution in [0.25, 0.3) is 10.9 Å². The van der Waals surface area contributed by atoms with Crippen LogP contribution in [-0.4, -0.2) is 16.7 Å². The first kappa shape index (κ1) is 13.1. The van der Waals surface area contributed by atoms with E-state index in [9.17, 15) is 4.39 Å². The number of halogens is 1. The van der Waals surface area contributed by atoms with Crippen LogP contribution in [-0.2, 0) is 13.5 Å². The van der Waals surface area contributed by atoms with Gasteiger partial charge in [-0.25, -0.2) is 4.39 Å². The van der Waals surface area contributed by atoms with Gasteiger partial charge in [0.15, 0.2) is 0 Å². The van der Waals surface area contributed by atoms with Crippen LogP contribution in [0.5, 0.6) is 0 Å². The van der Waals surface area contributed by atoms with E-state index < -0.39 is 0 Å². The van der Waals surface area contributed by atoms with Crippen molar-refractivity contribution in [3.63, 3.8) is 0 Å². The average molecular weight is 248 g/mol. The van der Waals surface area contributed by atoms with E-state index >= 15 is 0 Å². The molecule has 98 valence electrons. The highest BCUT2D eigenvalue weighted by Gasteiger charge is 2.10. The quantitative estimate of drug-likeness (QED) is 0.882. The Balaban J connectivity index is 2.20. The zero-order valence-corrected chi connectivity index (χ0v) is 11.5. The van der Waals surface area contributed by atoms with Gasteiger partial charge in [0.1, 0.15) is 5.82 Å². The Bertz CT molecular complexity index is 549. The molecule has 0 aliphatic heterocycles. The molecule has 0 aliphatic carbocycles. The number of aryl methyl sites for hydroxylation is 1. The molecule has 3 heteroatoms. The largest absolute Gasteiger partial charge is 0.350 e. The summed E-state index contributed by atoms with van der Waals surface area (Å²) in [5.74, 6) is -0.168. The number of aromatic nitrogens is 1. The minimum atomic E-state index is -0.168. The van der Waals surface area contributed by atoms with Gasteiger partial charge in [-0.2, -0.15) is 0 Å². The second kappa shape index (κ2) is 4.73. The maximum absolute atomic E-state index is 13.3. The first-order valence-electron chi connectivity index (χ1n) is 6.35. The molecule has 0 saturated heterocycles. The lowest BCUT2D eigenvalue weighted by Crippen LogP contribution is -2.37. The van der Waals surface area contributed by atoms with Crippen LogP contribution in [0.15, 0.2) is 24.4 Å². The molecule has 0 aliphatic rings. The summed E-state index contributed by atoms with van der Waals surface area (Å²) in [4.78, 5) is 0. The third-order valence-corrected chi connectivity index (χ3v) is 3.08.